The van der Waals surface area contributed by atoms with Gasteiger partial charge in [-0.05, 0) is 58.8 Å². The monoisotopic (exact) mass is 240 g/mol. The molecule has 0 bridgehead atoms. The first-order valence-electron chi connectivity index (χ1n) is 7.00. The molecule has 17 heavy (non-hydrogen) atoms. The molecule has 0 aliphatic carbocycles. The number of likely N-dealkylation sites (tertiary alicyclic amines) is 1. The van der Waals surface area contributed by atoms with Crippen LogP contribution in [0.15, 0.2) is 0 Å². The van der Waals surface area contributed by atoms with Crippen molar-refractivity contribution in [3.8, 4) is 0 Å². The van der Waals surface area contributed by atoms with Gasteiger partial charge in [0.05, 0.1) is 6.54 Å². The quantitative estimate of drug-likeness (QED) is 0.680. The van der Waals surface area contributed by atoms with Gasteiger partial charge in [0.25, 0.3) is 0 Å². The number of hydrogen-bond acceptors (Lipinski definition) is 3. The van der Waals surface area contributed by atoms with Crippen molar-refractivity contribution < 1.29 is 4.79 Å². The molecule has 1 rings (SSSR count). The summed E-state index contributed by atoms with van der Waals surface area (Å²) in [5.41, 5.74) is 0. The molecule has 0 aromatic heterocycles. The molecule has 1 aliphatic rings. The Morgan fingerprint density at radius 3 is 2.88 bits per heavy atom. The van der Waals surface area contributed by atoms with Gasteiger partial charge < -0.3 is 4.90 Å². The van der Waals surface area contributed by atoms with Crippen LogP contribution in [0, 0.1) is 5.92 Å². The fourth-order valence-corrected chi connectivity index (χ4v) is 2.65. The Morgan fingerprint density at radius 1 is 1.47 bits per heavy atom. The maximum Gasteiger partial charge on any atom is 0.146 e. The molecule has 0 aromatic carbocycles. The summed E-state index contributed by atoms with van der Waals surface area (Å²) in [5, 5.41) is 0. The highest BCUT2D eigenvalue weighted by atomic mass is 16.1. The van der Waals surface area contributed by atoms with Gasteiger partial charge in [-0.3, -0.25) is 9.69 Å². The molecule has 0 radical (unpaired) electrons. The standard InChI is InChI=1S/C14H28N2O/c1-4-14(17)12-16(3)10-6-8-13-7-5-9-15(2)11-13/h13H,4-12H2,1-3H3. The maximum absolute atomic E-state index is 11.3. The molecule has 1 fully saturated rings. The average molecular weight is 240 g/mol. The van der Waals surface area contributed by atoms with Crippen LogP contribution in [0.3, 0.4) is 0 Å². The number of hydrogen-bond donors (Lipinski definition) is 0. The molecule has 1 aliphatic heterocycles. The Labute approximate surface area is 106 Å². The lowest BCUT2D eigenvalue weighted by molar-refractivity contribution is -0.119. The molecule has 0 spiro atoms. The van der Waals surface area contributed by atoms with Crippen LogP contribution >= 0.6 is 0 Å². The molecular formula is C14H28N2O. The van der Waals surface area contributed by atoms with Crippen molar-refractivity contribution in [2.24, 2.45) is 5.92 Å². The molecule has 100 valence electrons. The summed E-state index contributed by atoms with van der Waals surface area (Å²) in [7, 11) is 4.28. The number of carbonyl (C=O) groups excluding carboxylic acids is 1. The van der Waals surface area contributed by atoms with Crippen molar-refractivity contribution in [2.75, 3.05) is 40.3 Å². The van der Waals surface area contributed by atoms with E-state index in [1.807, 2.05) is 6.92 Å². The summed E-state index contributed by atoms with van der Waals surface area (Å²) in [4.78, 5) is 15.9. The minimum absolute atomic E-state index is 0.352. The molecule has 1 heterocycles. The molecule has 0 amide bonds. The van der Waals surface area contributed by atoms with E-state index in [4.69, 9.17) is 0 Å². The fourth-order valence-electron chi connectivity index (χ4n) is 2.65. The second kappa shape index (κ2) is 7.83. The predicted octanol–water partition coefficient (Wildman–Crippen LogP) is 2.02. The van der Waals surface area contributed by atoms with Gasteiger partial charge in [-0.25, -0.2) is 0 Å². The van der Waals surface area contributed by atoms with Crippen molar-refractivity contribution in [3.05, 3.63) is 0 Å². The number of likely N-dealkylation sites (N-methyl/N-ethyl adjacent to an activating group) is 1. The third-order valence-electron chi connectivity index (χ3n) is 3.71. The molecule has 3 nitrogen and oxygen atoms in total. The van der Waals surface area contributed by atoms with Crippen molar-refractivity contribution in [1.82, 2.24) is 9.80 Å². The SMILES string of the molecule is CCC(=O)CN(C)CCCC1CCCN(C)C1. The summed E-state index contributed by atoms with van der Waals surface area (Å²) in [6, 6.07) is 0. The summed E-state index contributed by atoms with van der Waals surface area (Å²) >= 11 is 0. The number of nitrogens with zero attached hydrogens (tertiary/aromatic N) is 2. The van der Waals surface area contributed by atoms with Gasteiger partial charge in [0.1, 0.15) is 5.78 Å². The van der Waals surface area contributed by atoms with Gasteiger partial charge >= 0.3 is 0 Å². The number of Topliss-reactive ketones (excluding diaryl/α,β-unsaturated/α-hetero) is 1. The Morgan fingerprint density at radius 2 is 2.24 bits per heavy atom. The van der Waals surface area contributed by atoms with Crippen LogP contribution in [0.25, 0.3) is 0 Å². The molecule has 1 atom stereocenters. The topological polar surface area (TPSA) is 23.6 Å². The molecule has 3 heteroatoms. The lowest BCUT2D eigenvalue weighted by Gasteiger charge is -2.30. The average Bonchev–Trinajstić information content (AvgIpc) is 2.29. The first-order valence-corrected chi connectivity index (χ1v) is 7.00. The third kappa shape index (κ3) is 6.18. The summed E-state index contributed by atoms with van der Waals surface area (Å²) in [6.07, 6.45) is 5.95. The third-order valence-corrected chi connectivity index (χ3v) is 3.71. The first-order chi connectivity index (χ1) is 8.11. The van der Waals surface area contributed by atoms with Crippen molar-refractivity contribution in [3.63, 3.8) is 0 Å². The highest BCUT2D eigenvalue weighted by Crippen LogP contribution is 2.19. The van der Waals surface area contributed by atoms with Gasteiger partial charge in [0.15, 0.2) is 0 Å². The molecule has 0 aromatic rings. The van der Waals surface area contributed by atoms with E-state index in [9.17, 15) is 4.79 Å². The highest BCUT2D eigenvalue weighted by Gasteiger charge is 2.16. The Kier molecular flexibility index (Phi) is 6.75. The van der Waals surface area contributed by atoms with Gasteiger partial charge in [-0.1, -0.05) is 6.92 Å². The van der Waals surface area contributed by atoms with Crippen LogP contribution in [-0.4, -0.2) is 55.9 Å². The number of carbonyl (C=O) groups is 1. The van der Waals surface area contributed by atoms with Crippen LogP contribution in [0.4, 0.5) is 0 Å². The van der Waals surface area contributed by atoms with E-state index in [0.29, 0.717) is 18.7 Å². The zero-order chi connectivity index (χ0) is 12.7. The van der Waals surface area contributed by atoms with Crippen LogP contribution in [0.1, 0.15) is 39.0 Å². The zero-order valence-electron chi connectivity index (χ0n) is 11.7. The van der Waals surface area contributed by atoms with Gasteiger partial charge in [0, 0.05) is 13.0 Å². The lowest BCUT2D eigenvalue weighted by atomic mass is 9.94. The van der Waals surface area contributed by atoms with E-state index >= 15 is 0 Å². The van der Waals surface area contributed by atoms with E-state index in [1.54, 1.807) is 0 Å². The summed E-state index contributed by atoms with van der Waals surface area (Å²) in [6.45, 7) is 6.15. The minimum Gasteiger partial charge on any atom is -0.306 e. The van der Waals surface area contributed by atoms with Gasteiger partial charge in [-0.15, -0.1) is 0 Å². The second-order valence-corrected chi connectivity index (χ2v) is 5.54. The molecule has 0 N–H and O–H groups in total. The zero-order valence-corrected chi connectivity index (χ0v) is 11.7. The maximum atomic E-state index is 11.3. The van der Waals surface area contributed by atoms with E-state index in [1.165, 1.54) is 38.8 Å². The van der Waals surface area contributed by atoms with E-state index in [2.05, 4.69) is 23.9 Å². The Balaban J connectivity index is 2.08. The van der Waals surface area contributed by atoms with Gasteiger partial charge in [0.2, 0.25) is 0 Å². The number of piperidine rings is 1. The van der Waals surface area contributed by atoms with Crippen molar-refractivity contribution in [2.45, 2.75) is 39.0 Å². The second-order valence-electron chi connectivity index (χ2n) is 5.54. The molecular weight excluding hydrogens is 212 g/mol. The molecule has 1 unspecified atom stereocenters. The fraction of sp³-hybridized carbons (Fsp3) is 0.929. The van der Waals surface area contributed by atoms with E-state index in [0.717, 1.165) is 12.5 Å². The van der Waals surface area contributed by atoms with Crippen molar-refractivity contribution >= 4 is 5.78 Å². The van der Waals surface area contributed by atoms with Crippen LogP contribution in [0.5, 0.6) is 0 Å². The normalized spacial score (nSPS) is 22.0. The van der Waals surface area contributed by atoms with E-state index in [-0.39, 0.29) is 0 Å². The summed E-state index contributed by atoms with van der Waals surface area (Å²) in [5.74, 6) is 1.23. The minimum atomic E-state index is 0.352. The Hall–Kier alpha value is -0.410. The number of rotatable bonds is 7. The first kappa shape index (κ1) is 14.7. The lowest BCUT2D eigenvalue weighted by Crippen LogP contribution is -2.32. The predicted molar refractivity (Wildman–Crippen MR) is 72.3 cm³/mol. The smallest absolute Gasteiger partial charge is 0.146 e. The number of ketones is 1. The van der Waals surface area contributed by atoms with E-state index < -0.39 is 0 Å². The molecule has 0 saturated carbocycles. The summed E-state index contributed by atoms with van der Waals surface area (Å²) < 4.78 is 0. The van der Waals surface area contributed by atoms with Crippen LogP contribution in [-0.2, 0) is 4.79 Å². The molecule has 1 saturated heterocycles. The van der Waals surface area contributed by atoms with Crippen LogP contribution < -0.4 is 0 Å². The Bertz CT molecular complexity index is 230. The van der Waals surface area contributed by atoms with Crippen molar-refractivity contribution in [1.29, 1.82) is 0 Å². The van der Waals surface area contributed by atoms with Gasteiger partial charge in [-0.2, -0.15) is 0 Å². The highest BCUT2D eigenvalue weighted by molar-refractivity contribution is 5.80. The van der Waals surface area contributed by atoms with Crippen LogP contribution in [0.2, 0.25) is 0 Å². The largest absolute Gasteiger partial charge is 0.306 e.